The van der Waals surface area contributed by atoms with E-state index < -0.39 is 0 Å². The second kappa shape index (κ2) is 10.7. The average molecular weight is 219 g/mol. The van der Waals surface area contributed by atoms with E-state index >= 15 is 0 Å². The largest absolute Gasteiger partial charge is 0.449 e. The SMILES string of the molecule is CCCCCCSNC(=O)OCCC. The molecule has 0 aliphatic heterocycles. The Morgan fingerprint density at radius 3 is 2.64 bits per heavy atom. The number of rotatable bonds is 8. The van der Waals surface area contributed by atoms with Crippen molar-refractivity contribution >= 4 is 18.0 Å². The van der Waals surface area contributed by atoms with Gasteiger partial charge in [-0.25, -0.2) is 4.79 Å². The highest BCUT2D eigenvalue weighted by atomic mass is 32.2. The molecule has 84 valence electrons. The molecule has 0 rings (SSSR count). The summed E-state index contributed by atoms with van der Waals surface area (Å²) in [6.45, 7) is 4.67. The average Bonchev–Trinajstić information content (AvgIpc) is 2.20. The summed E-state index contributed by atoms with van der Waals surface area (Å²) in [6, 6.07) is 0. The molecule has 0 atom stereocenters. The van der Waals surface area contributed by atoms with Crippen LogP contribution in [0, 0.1) is 0 Å². The maximum atomic E-state index is 10.9. The Morgan fingerprint density at radius 2 is 2.00 bits per heavy atom. The Morgan fingerprint density at radius 1 is 1.21 bits per heavy atom. The van der Waals surface area contributed by atoms with Gasteiger partial charge in [-0.15, -0.1) is 0 Å². The number of carbonyl (C=O) groups is 1. The number of ether oxygens (including phenoxy) is 1. The lowest BCUT2D eigenvalue weighted by Gasteiger charge is -2.04. The monoisotopic (exact) mass is 219 g/mol. The molecule has 0 aliphatic carbocycles. The Balaban J connectivity index is 3.07. The molecule has 3 nitrogen and oxygen atoms in total. The molecule has 0 fully saturated rings. The molecule has 0 radical (unpaired) electrons. The van der Waals surface area contributed by atoms with Crippen LogP contribution in [0.1, 0.15) is 46.0 Å². The van der Waals surface area contributed by atoms with Crippen LogP contribution in [0.5, 0.6) is 0 Å². The van der Waals surface area contributed by atoms with E-state index in [0.29, 0.717) is 6.61 Å². The fourth-order valence-electron chi connectivity index (χ4n) is 0.935. The van der Waals surface area contributed by atoms with Crippen LogP contribution in [0.4, 0.5) is 4.79 Å². The third kappa shape index (κ3) is 9.71. The van der Waals surface area contributed by atoms with Crippen molar-refractivity contribution in [3.05, 3.63) is 0 Å². The zero-order valence-electron chi connectivity index (χ0n) is 9.17. The molecule has 0 bridgehead atoms. The molecular formula is C10H21NO2S. The molecule has 0 spiro atoms. The topological polar surface area (TPSA) is 38.3 Å². The molecule has 0 aromatic carbocycles. The molecule has 0 aliphatic rings. The molecule has 14 heavy (non-hydrogen) atoms. The first-order valence-electron chi connectivity index (χ1n) is 5.35. The molecule has 1 N–H and O–H groups in total. The van der Waals surface area contributed by atoms with Gasteiger partial charge in [0, 0.05) is 5.75 Å². The first-order valence-corrected chi connectivity index (χ1v) is 6.34. The van der Waals surface area contributed by atoms with E-state index in [9.17, 15) is 4.79 Å². The summed E-state index contributed by atoms with van der Waals surface area (Å²) in [5.74, 6) is 0.973. The number of hydrogen-bond acceptors (Lipinski definition) is 3. The van der Waals surface area contributed by atoms with Crippen molar-refractivity contribution in [3.8, 4) is 0 Å². The van der Waals surface area contributed by atoms with Crippen LogP contribution in [-0.2, 0) is 4.74 Å². The van der Waals surface area contributed by atoms with Gasteiger partial charge in [0.15, 0.2) is 0 Å². The van der Waals surface area contributed by atoms with E-state index in [4.69, 9.17) is 4.74 Å². The quantitative estimate of drug-likeness (QED) is 0.502. The van der Waals surface area contributed by atoms with Crippen LogP contribution in [0.25, 0.3) is 0 Å². The van der Waals surface area contributed by atoms with Crippen molar-refractivity contribution in [1.82, 2.24) is 4.72 Å². The van der Waals surface area contributed by atoms with Crippen LogP contribution in [0.3, 0.4) is 0 Å². The van der Waals surface area contributed by atoms with Crippen LogP contribution >= 0.6 is 11.9 Å². The second-order valence-corrected chi connectivity index (χ2v) is 4.05. The van der Waals surface area contributed by atoms with Gasteiger partial charge in [-0.3, -0.25) is 4.72 Å². The van der Waals surface area contributed by atoms with Crippen LogP contribution in [0.2, 0.25) is 0 Å². The normalized spacial score (nSPS) is 9.86. The lowest BCUT2D eigenvalue weighted by Crippen LogP contribution is -2.18. The van der Waals surface area contributed by atoms with Crippen molar-refractivity contribution in [3.63, 3.8) is 0 Å². The van der Waals surface area contributed by atoms with Gasteiger partial charge in [0.2, 0.25) is 0 Å². The van der Waals surface area contributed by atoms with E-state index in [0.717, 1.165) is 18.6 Å². The lowest BCUT2D eigenvalue weighted by molar-refractivity contribution is 0.153. The standard InChI is InChI=1S/C10H21NO2S/c1-3-5-6-7-9-14-11-10(12)13-8-4-2/h3-9H2,1-2H3,(H,11,12). The minimum atomic E-state index is -0.313. The molecule has 0 aromatic rings. The first kappa shape index (κ1) is 13.6. The van der Waals surface area contributed by atoms with Gasteiger partial charge < -0.3 is 4.74 Å². The maximum Gasteiger partial charge on any atom is 0.417 e. The number of unbranched alkanes of at least 4 members (excludes halogenated alkanes) is 3. The Labute approximate surface area is 91.1 Å². The Bertz CT molecular complexity index is 142. The molecule has 0 unspecified atom stereocenters. The van der Waals surface area contributed by atoms with Crippen molar-refractivity contribution in [2.75, 3.05) is 12.4 Å². The summed E-state index contributed by atoms with van der Waals surface area (Å²) in [6.07, 6.45) is 5.49. The zero-order chi connectivity index (χ0) is 10.6. The van der Waals surface area contributed by atoms with Gasteiger partial charge >= 0.3 is 6.09 Å². The zero-order valence-corrected chi connectivity index (χ0v) is 9.99. The fraction of sp³-hybridized carbons (Fsp3) is 0.900. The Kier molecular flexibility index (Phi) is 10.4. The highest BCUT2D eigenvalue weighted by Crippen LogP contribution is 2.04. The lowest BCUT2D eigenvalue weighted by atomic mass is 10.2. The van der Waals surface area contributed by atoms with Crippen molar-refractivity contribution in [2.24, 2.45) is 0 Å². The summed E-state index contributed by atoms with van der Waals surface area (Å²) in [7, 11) is 0. The number of carbonyl (C=O) groups excluding carboxylic acids is 1. The predicted octanol–water partition coefficient (Wildman–Crippen LogP) is 3.35. The maximum absolute atomic E-state index is 10.9. The summed E-state index contributed by atoms with van der Waals surface area (Å²) in [5.41, 5.74) is 0. The summed E-state index contributed by atoms with van der Waals surface area (Å²) < 4.78 is 7.50. The van der Waals surface area contributed by atoms with Gasteiger partial charge in [-0.1, -0.05) is 33.1 Å². The third-order valence-corrected chi connectivity index (χ3v) is 2.50. The number of hydrogen-bond donors (Lipinski definition) is 1. The smallest absolute Gasteiger partial charge is 0.417 e. The number of amides is 1. The number of nitrogens with one attached hydrogen (secondary N) is 1. The predicted molar refractivity (Wildman–Crippen MR) is 61.4 cm³/mol. The summed E-state index contributed by atoms with van der Waals surface area (Å²) in [5, 5.41) is 0. The van der Waals surface area contributed by atoms with E-state index in [1.165, 1.54) is 31.2 Å². The van der Waals surface area contributed by atoms with Crippen molar-refractivity contribution in [1.29, 1.82) is 0 Å². The van der Waals surface area contributed by atoms with Crippen LogP contribution in [-0.4, -0.2) is 18.5 Å². The van der Waals surface area contributed by atoms with E-state index in [1.807, 2.05) is 6.92 Å². The van der Waals surface area contributed by atoms with E-state index in [2.05, 4.69) is 11.6 Å². The molecule has 0 heterocycles. The molecular weight excluding hydrogens is 198 g/mol. The third-order valence-electron chi connectivity index (χ3n) is 1.69. The molecule has 0 aromatic heterocycles. The summed E-state index contributed by atoms with van der Waals surface area (Å²) >= 11 is 1.44. The van der Waals surface area contributed by atoms with Crippen molar-refractivity contribution < 1.29 is 9.53 Å². The van der Waals surface area contributed by atoms with E-state index in [1.54, 1.807) is 0 Å². The van der Waals surface area contributed by atoms with Gasteiger partial charge in [-0.2, -0.15) is 0 Å². The van der Waals surface area contributed by atoms with Gasteiger partial charge in [-0.05, 0) is 24.8 Å². The van der Waals surface area contributed by atoms with Crippen LogP contribution < -0.4 is 4.72 Å². The molecule has 4 heteroatoms. The molecule has 0 saturated heterocycles. The first-order chi connectivity index (χ1) is 6.81. The Hall–Kier alpha value is -0.380. The highest BCUT2D eigenvalue weighted by molar-refractivity contribution is 7.97. The van der Waals surface area contributed by atoms with Crippen LogP contribution in [0.15, 0.2) is 0 Å². The second-order valence-electron chi connectivity index (χ2n) is 3.15. The van der Waals surface area contributed by atoms with Gasteiger partial charge in [0.1, 0.15) is 0 Å². The summed E-state index contributed by atoms with van der Waals surface area (Å²) in [4.78, 5) is 10.9. The highest BCUT2D eigenvalue weighted by Gasteiger charge is 1.99. The van der Waals surface area contributed by atoms with Gasteiger partial charge in [0.05, 0.1) is 6.61 Å². The van der Waals surface area contributed by atoms with Gasteiger partial charge in [0.25, 0.3) is 0 Å². The molecule has 1 amide bonds. The minimum absolute atomic E-state index is 0.313. The molecule has 0 saturated carbocycles. The van der Waals surface area contributed by atoms with Crippen molar-refractivity contribution in [2.45, 2.75) is 46.0 Å². The minimum Gasteiger partial charge on any atom is -0.449 e. The fourth-order valence-corrected chi connectivity index (χ4v) is 1.56. The van der Waals surface area contributed by atoms with E-state index in [-0.39, 0.29) is 6.09 Å².